The number of rotatable bonds is 8. The third-order valence-electron chi connectivity index (χ3n) is 4.75. The first-order valence-electron chi connectivity index (χ1n) is 9.82. The van der Waals surface area contributed by atoms with E-state index in [4.69, 9.17) is 0 Å². The number of piperazine rings is 1. The summed E-state index contributed by atoms with van der Waals surface area (Å²) in [6.07, 6.45) is 0. The number of guanidine groups is 1. The van der Waals surface area contributed by atoms with Crippen LogP contribution in [0.4, 0.5) is 4.39 Å². The first-order valence-corrected chi connectivity index (χ1v) is 9.82. The Morgan fingerprint density at radius 1 is 1.15 bits per heavy atom. The van der Waals surface area contributed by atoms with E-state index in [1.807, 2.05) is 6.07 Å². The van der Waals surface area contributed by atoms with Crippen LogP contribution in [0, 0.1) is 11.7 Å². The van der Waals surface area contributed by atoms with Gasteiger partial charge in [0.05, 0.1) is 6.54 Å². The van der Waals surface area contributed by atoms with E-state index in [2.05, 4.69) is 46.2 Å². The van der Waals surface area contributed by atoms with Gasteiger partial charge in [0.1, 0.15) is 5.82 Å². The third-order valence-corrected chi connectivity index (χ3v) is 4.75. The maximum atomic E-state index is 13.3. The molecular formula is C20H35FIN5. The number of halogens is 2. The number of nitrogens with one attached hydrogen (secondary N) is 2. The second-order valence-corrected chi connectivity index (χ2v) is 7.05. The van der Waals surface area contributed by atoms with Gasteiger partial charge < -0.3 is 20.4 Å². The Morgan fingerprint density at radius 2 is 1.85 bits per heavy atom. The van der Waals surface area contributed by atoms with Gasteiger partial charge in [0.25, 0.3) is 0 Å². The monoisotopic (exact) mass is 491 g/mol. The molecule has 5 nitrogen and oxygen atoms in total. The van der Waals surface area contributed by atoms with Crippen LogP contribution in [0.2, 0.25) is 0 Å². The fourth-order valence-corrected chi connectivity index (χ4v) is 3.21. The standard InChI is InChI=1S/C20H34FN5.HI/c1-4-22-20(24-15-18-7-6-8-19(21)13-18)23-14-17(3)16-26-11-9-25(5-2)10-12-26;/h6-8,13,17H,4-5,9-12,14-16H2,1-3H3,(H2,22,23,24);1H. The largest absolute Gasteiger partial charge is 0.357 e. The Labute approximate surface area is 180 Å². The lowest BCUT2D eigenvalue weighted by molar-refractivity contribution is 0.124. The normalized spacial score (nSPS) is 17.3. The highest BCUT2D eigenvalue weighted by atomic mass is 127. The summed E-state index contributed by atoms with van der Waals surface area (Å²) in [5, 5.41) is 6.69. The molecule has 0 spiro atoms. The number of aliphatic imine (C=N–C) groups is 1. The molecule has 1 aromatic carbocycles. The Hall–Kier alpha value is -0.930. The van der Waals surface area contributed by atoms with Crippen molar-refractivity contribution in [1.82, 2.24) is 20.4 Å². The maximum Gasteiger partial charge on any atom is 0.191 e. The minimum atomic E-state index is -0.215. The summed E-state index contributed by atoms with van der Waals surface area (Å²) in [4.78, 5) is 9.62. The van der Waals surface area contributed by atoms with Gasteiger partial charge in [-0.2, -0.15) is 0 Å². The summed E-state index contributed by atoms with van der Waals surface area (Å²) >= 11 is 0. The second kappa shape index (κ2) is 13.3. The zero-order valence-corrected chi connectivity index (χ0v) is 19.2. The summed E-state index contributed by atoms with van der Waals surface area (Å²) in [5.41, 5.74) is 0.879. The molecular weight excluding hydrogens is 456 g/mol. The highest BCUT2D eigenvalue weighted by Crippen LogP contribution is 2.06. The van der Waals surface area contributed by atoms with Crippen LogP contribution in [0.15, 0.2) is 29.3 Å². The zero-order chi connectivity index (χ0) is 18.8. The Bertz CT molecular complexity index is 561. The van der Waals surface area contributed by atoms with Gasteiger partial charge in [0, 0.05) is 45.8 Å². The minimum absolute atomic E-state index is 0. The van der Waals surface area contributed by atoms with Crippen LogP contribution in [0.1, 0.15) is 26.3 Å². The van der Waals surface area contributed by atoms with Crippen molar-refractivity contribution >= 4 is 29.9 Å². The highest BCUT2D eigenvalue weighted by molar-refractivity contribution is 14.0. The van der Waals surface area contributed by atoms with Crippen LogP contribution in [0.25, 0.3) is 0 Å². The van der Waals surface area contributed by atoms with Crippen molar-refractivity contribution in [3.63, 3.8) is 0 Å². The molecule has 1 aliphatic heterocycles. The van der Waals surface area contributed by atoms with Crippen molar-refractivity contribution < 1.29 is 4.39 Å². The molecule has 154 valence electrons. The molecule has 27 heavy (non-hydrogen) atoms. The molecule has 1 aromatic rings. The van der Waals surface area contributed by atoms with Crippen LogP contribution in [0.5, 0.6) is 0 Å². The molecule has 0 amide bonds. The molecule has 2 rings (SSSR count). The fourth-order valence-electron chi connectivity index (χ4n) is 3.21. The predicted molar refractivity (Wildman–Crippen MR) is 122 cm³/mol. The SMILES string of the molecule is CCNC(=NCc1cccc(F)c1)NCC(C)CN1CCN(CC)CC1.I. The number of likely N-dealkylation sites (N-methyl/N-ethyl adjacent to an activating group) is 1. The van der Waals surface area contributed by atoms with Crippen molar-refractivity contribution in [3.05, 3.63) is 35.6 Å². The highest BCUT2D eigenvalue weighted by Gasteiger charge is 2.17. The van der Waals surface area contributed by atoms with Gasteiger partial charge in [-0.3, -0.25) is 0 Å². The smallest absolute Gasteiger partial charge is 0.191 e. The van der Waals surface area contributed by atoms with Gasteiger partial charge in [-0.1, -0.05) is 26.0 Å². The summed E-state index contributed by atoms with van der Waals surface area (Å²) in [5.74, 6) is 1.12. The Kier molecular flexibility index (Phi) is 11.9. The second-order valence-electron chi connectivity index (χ2n) is 7.05. The number of hydrogen-bond acceptors (Lipinski definition) is 3. The molecule has 0 saturated carbocycles. The molecule has 0 radical (unpaired) electrons. The molecule has 1 saturated heterocycles. The van der Waals surface area contributed by atoms with Gasteiger partial charge in [0.15, 0.2) is 5.96 Å². The summed E-state index contributed by atoms with van der Waals surface area (Å²) in [6.45, 7) is 15.6. The molecule has 1 atom stereocenters. The minimum Gasteiger partial charge on any atom is -0.357 e. The molecule has 0 aliphatic carbocycles. The van der Waals surface area contributed by atoms with E-state index in [0.29, 0.717) is 12.5 Å². The fraction of sp³-hybridized carbons (Fsp3) is 0.650. The van der Waals surface area contributed by atoms with Crippen molar-refractivity contribution in [2.24, 2.45) is 10.9 Å². The van der Waals surface area contributed by atoms with Crippen molar-refractivity contribution in [2.75, 3.05) is 52.4 Å². The van der Waals surface area contributed by atoms with Crippen LogP contribution >= 0.6 is 24.0 Å². The van der Waals surface area contributed by atoms with Crippen molar-refractivity contribution in [3.8, 4) is 0 Å². The zero-order valence-electron chi connectivity index (χ0n) is 16.9. The van der Waals surface area contributed by atoms with E-state index in [9.17, 15) is 4.39 Å². The van der Waals surface area contributed by atoms with Crippen LogP contribution in [-0.4, -0.2) is 68.1 Å². The van der Waals surface area contributed by atoms with E-state index in [-0.39, 0.29) is 29.8 Å². The molecule has 1 unspecified atom stereocenters. The number of hydrogen-bond donors (Lipinski definition) is 2. The molecule has 1 heterocycles. The number of benzene rings is 1. The lowest BCUT2D eigenvalue weighted by atomic mass is 10.1. The van der Waals surface area contributed by atoms with Crippen molar-refractivity contribution in [1.29, 1.82) is 0 Å². The molecule has 7 heteroatoms. The van der Waals surface area contributed by atoms with E-state index in [0.717, 1.165) is 50.8 Å². The first-order chi connectivity index (χ1) is 12.6. The predicted octanol–water partition coefficient (Wildman–Crippen LogP) is 2.77. The molecule has 0 bridgehead atoms. The summed E-state index contributed by atoms with van der Waals surface area (Å²) in [6, 6.07) is 6.61. The van der Waals surface area contributed by atoms with E-state index >= 15 is 0 Å². The quantitative estimate of drug-likeness (QED) is 0.334. The topological polar surface area (TPSA) is 42.9 Å². The average molecular weight is 491 g/mol. The van der Waals surface area contributed by atoms with Crippen LogP contribution < -0.4 is 10.6 Å². The van der Waals surface area contributed by atoms with E-state index in [1.165, 1.54) is 25.2 Å². The first kappa shape index (κ1) is 24.1. The van der Waals surface area contributed by atoms with Gasteiger partial charge in [-0.25, -0.2) is 9.38 Å². The third kappa shape index (κ3) is 9.21. The van der Waals surface area contributed by atoms with Crippen LogP contribution in [0.3, 0.4) is 0 Å². The molecule has 1 fully saturated rings. The Morgan fingerprint density at radius 3 is 2.48 bits per heavy atom. The number of nitrogens with zero attached hydrogens (tertiary/aromatic N) is 3. The van der Waals surface area contributed by atoms with Gasteiger partial charge in [-0.15, -0.1) is 24.0 Å². The molecule has 1 aliphatic rings. The summed E-state index contributed by atoms with van der Waals surface area (Å²) in [7, 11) is 0. The molecule has 2 N–H and O–H groups in total. The van der Waals surface area contributed by atoms with Gasteiger partial charge in [0.2, 0.25) is 0 Å². The van der Waals surface area contributed by atoms with Crippen LogP contribution in [-0.2, 0) is 6.54 Å². The average Bonchev–Trinajstić information content (AvgIpc) is 2.65. The van der Waals surface area contributed by atoms with Crippen molar-refractivity contribution in [2.45, 2.75) is 27.3 Å². The lowest BCUT2D eigenvalue weighted by Crippen LogP contribution is -2.48. The Balaban J connectivity index is 0.00000364. The van der Waals surface area contributed by atoms with Gasteiger partial charge >= 0.3 is 0 Å². The van der Waals surface area contributed by atoms with E-state index in [1.54, 1.807) is 6.07 Å². The summed E-state index contributed by atoms with van der Waals surface area (Å²) < 4.78 is 13.3. The molecule has 0 aromatic heterocycles. The van der Waals surface area contributed by atoms with Gasteiger partial charge in [-0.05, 0) is 37.1 Å². The lowest BCUT2D eigenvalue weighted by Gasteiger charge is -2.35. The van der Waals surface area contributed by atoms with E-state index < -0.39 is 0 Å². The maximum absolute atomic E-state index is 13.3.